The van der Waals surface area contributed by atoms with Crippen LogP contribution < -0.4 is 15.4 Å². The predicted octanol–water partition coefficient (Wildman–Crippen LogP) is 4.67. The number of benzene rings is 3. The van der Waals surface area contributed by atoms with E-state index in [-0.39, 0.29) is 36.9 Å². The molecular formula is C38H46N2O9S. The first-order valence-corrected chi connectivity index (χ1v) is 18.3. The van der Waals surface area contributed by atoms with Crippen LogP contribution in [-0.4, -0.2) is 62.2 Å². The standard InChI is InChI=1S/C38H46N2O9S/c1-25(2)18-32(37(44)48-22-27-14-10-7-11-15-27)40-36(43)31(19-26-12-8-6-9-13-26)39-34(41)20-28-23-47-33-17-16-29(21-30(28)33)50(45,46)24-35(42)49-38(3,4)5/h6-17,21,25,28,31-32H,18-20,22-24H2,1-5H3,(H,39,41)(H,40,43)/t28?,31-,32-/m0/s1. The van der Waals surface area contributed by atoms with Crippen LogP contribution in [0.4, 0.5) is 0 Å². The highest BCUT2D eigenvalue weighted by atomic mass is 32.2. The van der Waals surface area contributed by atoms with E-state index < -0.39 is 62.9 Å². The van der Waals surface area contributed by atoms with Gasteiger partial charge < -0.3 is 24.8 Å². The normalized spacial score (nSPS) is 15.3. The SMILES string of the molecule is CC(C)C[C@H](NC(=O)[C@H](Cc1ccccc1)NC(=O)CC1COc2ccc(S(=O)(=O)CC(=O)OC(C)(C)C)cc21)C(=O)OCc1ccccc1. The Labute approximate surface area is 294 Å². The third-order valence-electron chi connectivity index (χ3n) is 7.85. The number of esters is 2. The number of rotatable bonds is 15. The van der Waals surface area contributed by atoms with Crippen LogP contribution in [0.2, 0.25) is 0 Å². The number of fused-ring (bicyclic) bond motifs is 1. The fourth-order valence-electron chi connectivity index (χ4n) is 5.55. The van der Waals surface area contributed by atoms with Crippen molar-refractivity contribution in [2.75, 3.05) is 12.4 Å². The number of sulfone groups is 1. The number of hydrogen-bond donors (Lipinski definition) is 2. The van der Waals surface area contributed by atoms with Gasteiger partial charge in [-0.05, 0) is 62.4 Å². The molecule has 11 nitrogen and oxygen atoms in total. The van der Waals surface area contributed by atoms with Crippen molar-refractivity contribution in [1.29, 1.82) is 0 Å². The summed E-state index contributed by atoms with van der Waals surface area (Å²) in [6.45, 7) is 9.00. The molecule has 4 rings (SSSR count). The van der Waals surface area contributed by atoms with E-state index in [1.165, 1.54) is 18.2 Å². The van der Waals surface area contributed by atoms with Gasteiger partial charge in [-0.2, -0.15) is 0 Å². The summed E-state index contributed by atoms with van der Waals surface area (Å²) < 4.78 is 42.6. The smallest absolute Gasteiger partial charge is 0.328 e. The molecule has 0 bridgehead atoms. The molecule has 0 aromatic heterocycles. The van der Waals surface area contributed by atoms with Crippen molar-refractivity contribution in [1.82, 2.24) is 10.6 Å². The van der Waals surface area contributed by atoms with Gasteiger partial charge in [0.05, 0.1) is 11.5 Å². The molecule has 2 N–H and O–H groups in total. The van der Waals surface area contributed by atoms with Gasteiger partial charge in [-0.1, -0.05) is 74.5 Å². The largest absolute Gasteiger partial charge is 0.493 e. The summed E-state index contributed by atoms with van der Waals surface area (Å²) in [5.41, 5.74) is 1.28. The van der Waals surface area contributed by atoms with Crippen molar-refractivity contribution in [3.05, 3.63) is 95.6 Å². The second kappa shape index (κ2) is 16.8. The van der Waals surface area contributed by atoms with Crippen molar-refractivity contribution in [3.8, 4) is 5.75 Å². The van der Waals surface area contributed by atoms with Crippen LogP contribution in [0.5, 0.6) is 5.75 Å². The monoisotopic (exact) mass is 706 g/mol. The Balaban J connectivity index is 1.47. The van der Waals surface area contributed by atoms with Crippen LogP contribution in [0.3, 0.4) is 0 Å². The molecule has 3 aromatic rings. The Morgan fingerprint density at radius 3 is 2.14 bits per heavy atom. The average molecular weight is 707 g/mol. The van der Waals surface area contributed by atoms with Crippen molar-refractivity contribution in [3.63, 3.8) is 0 Å². The molecule has 268 valence electrons. The fourth-order valence-corrected chi connectivity index (χ4v) is 6.67. The minimum atomic E-state index is -4.04. The van der Waals surface area contributed by atoms with Crippen LogP contribution in [0.15, 0.2) is 83.8 Å². The maximum atomic E-state index is 13.8. The lowest BCUT2D eigenvalue weighted by molar-refractivity contribution is -0.151. The molecule has 0 radical (unpaired) electrons. The summed E-state index contributed by atoms with van der Waals surface area (Å²) in [7, 11) is -4.04. The van der Waals surface area contributed by atoms with Gasteiger partial charge >= 0.3 is 11.9 Å². The second-order valence-electron chi connectivity index (χ2n) is 13.9. The molecule has 0 aliphatic carbocycles. The van der Waals surface area contributed by atoms with Crippen molar-refractivity contribution in [2.24, 2.45) is 5.92 Å². The van der Waals surface area contributed by atoms with Crippen LogP contribution in [0.1, 0.15) is 70.1 Å². The van der Waals surface area contributed by atoms with E-state index in [0.29, 0.717) is 17.7 Å². The molecule has 50 heavy (non-hydrogen) atoms. The summed E-state index contributed by atoms with van der Waals surface area (Å²) in [6.07, 6.45) is 0.396. The summed E-state index contributed by atoms with van der Waals surface area (Å²) in [6, 6.07) is 20.7. The lowest BCUT2D eigenvalue weighted by atomic mass is 9.97. The molecule has 0 saturated heterocycles. The lowest BCUT2D eigenvalue weighted by Crippen LogP contribution is -2.53. The van der Waals surface area contributed by atoms with Crippen molar-refractivity contribution >= 4 is 33.6 Å². The molecule has 2 amide bonds. The highest BCUT2D eigenvalue weighted by Gasteiger charge is 2.33. The minimum absolute atomic E-state index is 0.0588. The molecule has 1 heterocycles. The number of nitrogens with one attached hydrogen (secondary N) is 2. The van der Waals surface area contributed by atoms with Gasteiger partial charge in [-0.3, -0.25) is 14.4 Å². The summed E-state index contributed by atoms with van der Waals surface area (Å²) in [5, 5.41) is 5.65. The Morgan fingerprint density at radius 1 is 0.880 bits per heavy atom. The third kappa shape index (κ3) is 11.4. The van der Waals surface area contributed by atoms with E-state index in [1.807, 2.05) is 74.5 Å². The van der Waals surface area contributed by atoms with Gasteiger partial charge in [0.2, 0.25) is 11.8 Å². The van der Waals surface area contributed by atoms with Gasteiger partial charge in [0, 0.05) is 24.3 Å². The molecule has 3 atom stereocenters. The summed E-state index contributed by atoms with van der Waals surface area (Å²) in [4.78, 5) is 52.6. The molecule has 1 aliphatic rings. The number of carbonyl (C=O) groups excluding carboxylic acids is 4. The zero-order valence-corrected chi connectivity index (χ0v) is 30.0. The van der Waals surface area contributed by atoms with Crippen LogP contribution in [-0.2, 0) is 51.5 Å². The first-order valence-electron chi connectivity index (χ1n) is 16.6. The summed E-state index contributed by atoms with van der Waals surface area (Å²) >= 11 is 0. The van der Waals surface area contributed by atoms with E-state index in [1.54, 1.807) is 20.8 Å². The first-order chi connectivity index (χ1) is 23.6. The molecule has 1 unspecified atom stereocenters. The first kappa shape index (κ1) is 38.1. The molecule has 0 fully saturated rings. The maximum absolute atomic E-state index is 13.8. The van der Waals surface area contributed by atoms with E-state index in [0.717, 1.165) is 11.1 Å². The zero-order chi connectivity index (χ0) is 36.5. The highest BCUT2D eigenvalue weighted by Crippen LogP contribution is 2.37. The van der Waals surface area contributed by atoms with Gasteiger partial charge in [0.15, 0.2) is 15.6 Å². The maximum Gasteiger partial charge on any atom is 0.328 e. The fraction of sp³-hybridized carbons (Fsp3) is 0.421. The van der Waals surface area contributed by atoms with Crippen LogP contribution >= 0.6 is 0 Å². The average Bonchev–Trinajstić information content (AvgIpc) is 3.44. The number of ether oxygens (including phenoxy) is 3. The van der Waals surface area contributed by atoms with Gasteiger partial charge in [-0.25, -0.2) is 13.2 Å². The minimum Gasteiger partial charge on any atom is -0.493 e. The number of hydrogen-bond acceptors (Lipinski definition) is 9. The lowest BCUT2D eigenvalue weighted by Gasteiger charge is -2.24. The molecule has 12 heteroatoms. The Bertz CT molecular complexity index is 1750. The third-order valence-corrected chi connectivity index (χ3v) is 9.43. The van der Waals surface area contributed by atoms with Crippen LogP contribution in [0.25, 0.3) is 0 Å². The predicted molar refractivity (Wildman–Crippen MR) is 187 cm³/mol. The van der Waals surface area contributed by atoms with Gasteiger partial charge in [0.1, 0.15) is 30.0 Å². The van der Waals surface area contributed by atoms with Gasteiger partial charge in [-0.15, -0.1) is 0 Å². The molecule has 0 saturated carbocycles. The van der Waals surface area contributed by atoms with Crippen molar-refractivity contribution < 1.29 is 41.8 Å². The molecular weight excluding hydrogens is 660 g/mol. The van der Waals surface area contributed by atoms with Gasteiger partial charge in [0.25, 0.3) is 0 Å². The van der Waals surface area contributed by atoms with Crippen LogP contribution in [0, 0.1) is 5.92 Å². The number of amides is 2. The van der Waals surface area contributed by atoms with E-state index in [2.05, 4.69) is 10.6 Å². The van der Waals surface area contributed by atoms with E-state index in [9.17, 15) is 27.6 Å². The summed E-state index contributed by atoms with van der Waals surface area (Å²) in [5.74, 6) is -3.28. The zero-order valence-electron chi connectivity index (χ0n) is 29.1. The molecule has 3 aromatic carbocycles. The Morgan fingerprint density at radius 2 is 1.52 bits per heavy atom. The Hall–Kier alpha value is -4.71. The topological polar surface area (TPSA) is 154 Å². The quantitative estimate of drug-likeness (QED) is 0.215. The second-order valence-corrected chi connectivity index (χ2v) is 15.8. The Kier molecular flexibility index (Phi) is 12.8. The van der Waals surface area contributed by atoms with E-state index >= 15 is 0 Å². The molecule has 1 aliphatic heterocycles. The molecule has 0 spiro atoms. The number of carbonyl (C=O) groups is 4. The van der Waals surface area contributed by atoms with Crippen molar-refractivity contribution in [2.45, 2.75) is 89.0 Å². The van der Waals surface area contributed by atoms with E-state index in [4.69, 9.17) is 14.2 Å². The highest BCUT2D eigenvalue weighted by molar-refractivity contribution is 7.92.